The average molecular weight is 804 g/mol. The van der Waals surface area contributed by atoms with E-state index < -0.39 is 0 Å². The van der Waals surface area contributed by atoms with E-state index >= 15 is 0 Å². The number of nitrogens with zero attached hydrogens (tertiary/aromatic N) is 4. The van der Waals surface area contributed by atoms with Gasteiger partial charge in [0.1, 0.15) is 36.2 Å². The van der Waals surface area contributed by atoms with Gasteiger partial charge in [-0.2, -0.15) is 0 Å². The van der Waals surface area contributed by atoms with Gasteiger partial charge in [0.15, 0.2) is 0 Å². The smallest absolute Gasteiger partial charge is 0.142 e. The van der Waals surface area contributed by atoms with Gasteiger partial charge in [0, 0.05) is 71.6 Å². The molecule has 0 saturated heterocycles. The lowest BCUT2D eigenvalue weighted by molar-refractivity contribution is 0.297. The fraction of sp³-hybridized carbons (Fsp3) is 0.286. The zero-order chi connectivity index (χ0) is 38.2. The van der Waals surface area contributed by atoms with Gasteiger partial charge in [-0.15, -0.1) is 22.7 Å². The van der Waals surface area contributed by atoms with Crippen molar-refractivity contribution in [2.24, 2.45) is 0 Å². The molecule has 6 rings (SSSR count). The van der Waals surface area contributed by atoms with Gasteiger partial charge >= 0.3 is 0 Å². The predicted molar refractivity (Wildman–Crippen MR) is 221 cm³/mol. The molecule has 0 bridgehead atoms. The first-order valence-corrected chi connectivity index (χ1v) is 19.9. The molecular weight excluding hydrogens is 760 g/mol. The summed E-state index contributed by atoms with van der Waals surface area (Å²) in [6, 6.07) is 20.2. The monoisotopic (exact) mass is 802 g/mol. The fourth-order valence-corrected chi connectivity index (χ4v) is 8.27. The van der Waals surface area contributed by atoms with Crippen molar-refractivity contribution < 1.29 is 18.9 Å². The Morgan fingerprint density at radius 3 is 1.37 bits per heavy atom. The second-order valence-corrected chi connectivity index (χ2v) is 16.0. The molecule has 0 fully saturated rings. The summed E-state index contributed by atoms with van der Waals surface area (Å²) in [6.45, 7) is 7.89. The summed E-state index contributed by atoms with van der Waals surface area (Å²) < 4.78 is 24.2. The first-order chi connectivity index (χ1) is 26.1. The Kier molecular flexibility index (Phi) is 13.5. The average Bonchev–Trinajstić information content (AvgIpc) is 3.87. The van der Waals surface area contributed by atoms with Gasteiger partial charge in [-0.1, -0.05) is 59.6 Å². The van der Waals surface area contributed by atoms with Gasteiger partial charge in [-0.05, 0) is 73.5 Å². The van der Waals surface area contributed by atoms with Crippen LogP contribution in [0.15, 0.2) is 84.1 Å². The zero-order valence-corrected chi connectivity index (χ0v) is 34.5. The largest absolute Gasteiger partial charge is 0.496 e. The lowest BCUT2D eigenvalue weighted by Gasteiger charge is -2.20. The fourth-order valence-electron chi connectivity index (χ4n) is 6.44. The van der Waals surface area contributed by atoms with E-state index in [-0.39, 0.29) is 0 Å². The van der Waals surface area contributed by atoms with Gasteiger partial charge in [-0.25, -0.2) is 0 Å². The van der Waals surface area contributed by atoms with Crippen molar-refractivity contribution in [3.8, 4) is 34.1 Å². The van der Waals surface area contributed by atoms with E-state index in [1.165, 1.54) is 9.75 Å². The maximum Gasteiger partial charge on any atom is 0.142 e. The highest BCUT2D eigenvalue weighted by Gasteiger charge is 2.17. The molecule has 0 amide bonds. The Labute approximate surface area is 335 Å². The number of benzene rings is 4. The SMILES string of the molecule is COc1cc(OCc2cccc(-c3cccc(COc4cc(OC)c(CN(C)Cc5cncs5)cc4Cl)c3C)c2C)c(Cl)cc1CN(C)Cc1cncs1. The van der Waals surface area contributed by atoms with Crippen LogP contribution in [-0.2, 0) is 39.4 Å². The van der Waals surface area contributed by atoms with E-state index in [2.05, 4.69) is 84.1 Å². The van der Waals surface area contributed by atoms with E-state index in [9.17, 15) is 0 Å². The van der Waals surface area contributed by atoms with Crippen molar-refractivity contribution in [1.82, 2.24) is 19.8 Å². The Morgan fingerprint density at radius 2 is 1.00 bits per heavy atom. The van der Waals surface area contributed by atoms with Crippen LogP contribution in [-0.4, -0.2) is 48.1 Å². The number of hydrogen-bond donors (Lipinski definition) is 0. The molecule has 0 spiro atoms. The number of hydrogen-bond acceptors (Lipinski definition) is 10. The third-order valence-corrected chi connectivity index (χ3v) is 11.4. The van der Waals surface area contributed by atoms with Crippen LogP contribution in [0.5, 0.6) is 23.0 Å². The van der Waals surface area contributed by atoms with Crippen LogP contribution < -0.4 is 18.9 Å². The Hall–Kier alpha value is -4.16. The summed E-state index contributed by atoms with van der Waals surface area (Å²) in [4.78, 5) is 15.2. The number of ether oxygens (including phenoxy) is 4. The van der Waals surface area contributed by atoms with Crippen molar-refractivity contribution in [2.75, 3.05) is 28.3 Å². The van der Waals surface area contributed by atoms with Crippen LogP contribution in [0.25, 0.3) is 11.1 Å². The van der Waals surface area contributed by atoms with Crippen LogP contribution >= 0.6 is 45.9 Å². The molecule has 282 valence electrons. The molecule has 2 aromatic heterocycles. The lowest BCUT2D eigenvalue weighted by atomic mass is 9.92. The highest BCUT2D eigenvalue weighted by atomic mass is 35.5. The van der Waals surface area contributed by atoms with Gasteiger partial charge in [-0.3, -0.25) is 19.8 Å². The highest BCUT2D eigenvalue weighted by molar-refractivity contribution is 7.09. The summed E-state index contributed by atoms with van der Waals surface area (Å²) >= 11 is 16.8. The molecule has 54 heavy (non-hydrogen) atoms. The Bertz CT molecular complexity index is 2010. The summed E-state index contributed by atoms with van der Waals surface area (Å²) in [5.41, 5.74) is 12.3. The molecular formula is C42H44Cl2N4O4S2. The number of aromatic nitrogens is 2. The van der Waals surface area contributed by atoms with Gasteiger partial charge in [0.25, 0.3) is 0 Å². The molecule has 0 atom stereocenters. The van der Waals surface area contributed by atoms with E-state index in [1.807, 2.05) is 47.7 Å². The molecule has 0 saturated carbocycles. The third kappa shape index (κ3) is 9.73. The maximum atomic E-state index is 6.77. The first kappa shape index (κ1) is 39.5. The second kappa shape index (κ2) is 18.4. The minimum Gasteiger partial charge on any atom is -0.496 e. The molecule has 0 radical (unpaired) electrons. The number of rotatable bonds is 17. The quantitative estimate of drug-likeness (QED) is 0.0903. The van der Waals surface area contributed by atoms with Crippen molar-refractivity contribution in [3.05, 3.63) is 137 Å². The maximum absolute atomic E-state index is 6.77. The predicted octanol–water partition coefficient (Wildman–Crippen LogP) is 10.6. The van der Waals surface area contributed by atoms with Crippen LogP contribution in [0.1, 0.15) is 43.1 Å². The van der Waals surface area contributed by atoms with E-state index in [4.69, 9.17) is 42.1 Å². The van der Waals surface area contributed by atoms with Crippen LogP contribution in [0.4, 0.5) is 0 Å². The second-order valence-electron chi connectivity index (χ2n) is 13.2. The third-order valence-electron chi connectivity index (χ3n) is 9.32. The van der Waals surface area contributed by atoms with E-state index in [1.54, 1.807) is 36.9 Å². The first-order valence-electron chi connectivity index (χ1n) is 17.4. The summed E-state index contributed by atoms with van der Waals surface area (Å²) in [5.74, 6) is 2.62. The van der Waals surface area contributed by atoms with E-state index in [0.717, 1.165) is 69.1 Å². The molecule has 0 N–H and O–H groups in total. The summed E-state index contributed by atoms with van der Waals surface area (Å²) in [7, 11) is 7.47. The van der Waals surface area contributed by atoms with Gasteiger partial charge < -0.3 is 18.9 Å². The number of halogens is 2. The summed E-state index contributed by atoms with van der Waals surface area (Å²) in [6.07, 6.45) is 3.79. The van der Waals surface area contributed by atoms with Gasteiger partial charge in [0.2, 0.25) is 0 Å². The standard InChI is InChI=1S/C42H44Cl2N4O4S2/c1-27-29(23-51-41-15-39(49-5)31(13-37(41)43)19-47(3)21-33-17-45-25-53-33)9-7-11-35(27)36-12-8-10-30(28(36)2)24-52-42-16-40(50-6)32(14-38(42)44)20-48(4)22-34-18-46-26-54-34/h7-18,25-26H,19-24H2,1-6H3. The lowest BCUT2D eigenvalue weighted by Crippen LogP contribution is -2.17. The Balaban J connectivity index is 1.13. The van der Waals surface area contributed by atoms with Crippen molar-refractivity contribution in [2.45, 2.75) is 53.2 Å². The minimum absolute atomic E-state index is 0.354. The van der Waals surface area contributed by atoms with Crippen LogP contribution in [0.2, 0.25) is 10.0 Å². The van der Waals surface area contributed by atoms with Crippen molar-refractivity contribution >= 4 is 45.9 Å². The zero-order valence-electron chi connectivity index (χ0n) is 31.3. The topological polar surface area (TPSA) is 69.2 Å². The molecule has 12 heteroatoms. The minimum atomic E-state index is 0.354. The van der Waals surface area contributed by atoms with E-state index in [0.29, 0.717) is 47.8 Å². The Morgan fingerprint density at radius 1 is 0.574 bits per heavy atom. The number of thiazole rings is 2. The van der Waals surface area contributed by atoms with Crippen molar-refractivity contribution in [3.63, 3.8) is 0 Å². The molecule has 6 aromatic rings. The molecule has 0 aliphatic heterocycles. The molecule has 0 aliphatic carbocycles. The van der Waals surface area contributed by atoms with Crippen molar-refractivity contribution in [1.29, 1.82) is 0 Å². The van der Waals surface area contributed by atoms with Gasteiger partial charge in [0.05, 0.1) is 35.3 Å². The molecule has 2 heterocycles. The normalized spacial score (nSPS) is 11.4. The molecule has 0 unspecified atom stereocenters. The number of methoxy groups -OCH3 is 2. The summed E-state index contributed by atoms with van der Waals surface area (Å²) in [5, 5.41) is 1.09. The highest BCUT2D eigenvalue weighted by Crippen LogP contribution is 2.37. The van der Waals surface area contributed by atoms with Crippen LogP contribution in [0.3, 0.4) is 0 Å². The molecule has 4 aromatic carbocycles. The van der Waals surface area contributed by atoms with Crippen LogP contribution in [0, 0.1) is 13.8 Å². The molecule has 0 aliphatic rings. The molecule has 8 nitrogen and oxygen atoms in total.